The molecule has 110 valence electrons. The second kappa shape index (κ2) is 7.11. The van der Waals surface area contributed by atoms with Gasteiger partial charge in [0.25, 0.3) is 0 Å². The number of nitrogens with two attached hydrogens (primary N) is 1. The zero-order chi connectivity index (χ0) is 15.2. The van der Waals surface area contributed by atoms with Crippen molar-refractivity contribution in [2.45, 2.75) is 12.6 Å². The van der Waals surface area contributed by atoms with Crippen molar-refractivity contribution in [2.24, 2.45) is 5.73 Å². The fourth-order valence-corrected chi connectivity index (χ4v) is 2.41. The van der Waals surface area contributed by atoms with Gasteiger partial charge in [0.1, 0.15) is 11.8 Å². The lowest BCUT2D eigenvalue weighted by atomic mass is 10.0. The molecule has 0 saturated carbocycles. The number of benzene rings is 2. The SMILES string of the molecule is COc1cccc(Cl)c1C(NCc1ccccc1)C(N)=O. The molecule has 0 aliphatic carbocycles. The van der Waals surface area contributed by atoms with Gasteiger partial charge in [-0.15, -0.1) is 0 Å². The van der Waals surface area contributed by atoms with E-state index in [4.69, 9.17) is 22.1 Å². The highest BCUT2D eigenvalue weighted by Gasteiger charge is 2.23. The summed E-state index contributed by atoms with van der Waals surface area (Å²) in [6.45, 7) is 0.503. The van der Waals surface area contributed by atoms with Crippen molar-refractivity contribution in [3.05, 3.63) is 64.7 Å². The monoisotopic (exact) mass is 304 g/mol. The average molecular weight is 305 g/mol. The van der Waals surface area contributed by atoms with E-state index in [1.807, 2.05) is 30.3 Å². The van der Waals surface area contributed by atoms with Gasteiger partial charge in [-0.05, 0) is 17.7 Å². The number of ether oxygens (including phenoxy) is 1. The molecule has 21 heavy (non-hydrogen) atoms. The summed E-state index contributed by atoms with van der Waals surface area (Å²) in [4.78, 5) is 11.8. The zero-order valence-corrected chi connectivity index (χ0v) is 12.4. The minimum absolute atomic E-state index is 0.443. The Hall–Kier alpha value is -2.04. The van der Waals surface area contributed by atoms with E-state index >= 15 is 0 Å². The van der Waals surface area contributed by atoms with Gasteiger partial charge >= 0.3 is 0 Å². The van der Waals surface area contributed by atoms with Crippen LogP contribution in [0.2, 0.25) is 5.02 Å². The Kier molecular flexibility index (Phi) is 5.20. The van der Waals surface area contributed by atoms with Crippen molar-refractivity contribution < 1.29 is 9.53 Å². The molecule has 0 spiro atoms. The standard InChI is InChI=1S/C16H17ClN2O2/c1-21-13-9-5-8-12(17)14(13)15(16(18)20)19-10-11-6-3-2-4-7-11/h2-9,15,19H,10H2,1H3,(H2,18,20). The third-order valence-electron chi connectivity index (χ3n) is 3.16. The summed E-state index contributed by atoms with van der Waals surface area (Å²) >= 11 is 6.20. The Bertz CT molecular complexity index is 617. The Labute approximate surface area is 128 Å². The largest absolute Gasteiger partial charge is 0.496 e. The van der Waals surface area contributed by atoms with Crippen LogP contribution in [-0.4, -0.2) is 13.0 Å². The minimum atomic E-state index is -0.714. The second-order valence-corrected chi connectivity index (χ2v) is 4.96. The first-order chi connectivity index (χ1) is 10.1. The van der Waals surface area contributed by atoms with E-state index in [1.165, 1.54) is 7.11 Å². The molecule has 0 aromatic heterocycles. The van der Waals surface area contributed by atoms with Crippen molar-refractivity contribution >= 4 is 17.5 Å². The number of primary amides is 1. The minimum Gasteiger partial charge on any atom is -0.496 e. The molecule has 0 fully saturated rings. The molecule has 1 atom stereocenters. The first kappa shape index (κ1) is 15.4. The number of hydrogen-bond donors (Lipinski definition) is 2. The Morgan fingerprint density at radius 1 is 1.24 bits per heavy atom. The number of halogens is 1. The number of amides is 1. The maximum Gasteiger partial charge on any atom is 0.239 e. The van der Waals surface area contributed by atoms with Gasteiger partial charge in [0.05, 0.1) is 7.11 Å². The van der Waals surface area contributed by atoms with Crippen LogP contribution in [0.15, 0.2) is 48.5 Å². The summed E-state index contributed by atoms with van der Waals surface area (Å²) in [6, 6.07) is 14.3. The molecule has 0 aliphatic heterocycles. The van der Waals surface area contributed by atoms with Crippen LogP contribution >= 0.6 is 11.6 Å². The van der Waals surface area contributed by atoms with Gasteiger partial charge in [-0.1, -0.05) is 48.0 Å². The molecule has 0 bridgehead atoms. The molecule has 1 unspecified atom stereocenters. The Morgan fingerprint density at radius 3 is 2.57 bits per heavy atom. The van der Waals surface area contributed by atoms with Gasteiger partial charge in [-0.25, -0.2) is 0 Å². The Morgan fingerprint density at radius 2 is 1.95 bits per heavy atom. The summed E-state index contributed by atoms with van der Waals surface area (Å²) in [6.07, 6.45) is 0. The maximum atomic E-state index is 11.8. The van der Waals surface area contributed by atoms with Crippen LogP contribution in [0.4, 0.5) is 0 Å². The third kappa shape index (κ3) is 3.74. The summed E-state index contributed by atoms with van der Waals surface area (Å²) < 4.78 is 5.28. The molecule has 2 aromatic carbocycles. The van der Waals surface area contributed by atoms with Gasteiger partial charge in [-0.3, -0.25) is 10.1 Å². The van der Waals surface area contributed by atoms with Crippen molar-refractivity contribution in [1.82, 2.24) is 5.32 Å². The number of methoxy groups -OCH3 is 1. The zero-order valence-electron chi connectivity index (χ0n) is 11.7. The van der Waals surface area contributed by atoms with Crippen LogP contribution < -0.4 is 15.8 Å². The molecule has 0 radical (unpaired) electrons. The molecule has 0 saturated heterocycles. The molecule has 1 amide bonds. The van der Waals surface area contributed by atoms with E-state index in [2.05, 4.69) is 5.32 Å². The predicted octanol–water partition coefficient (Wildman–Crippen LogP) is 2.66. The van der Waals surface area contributed by atoms with Gasteiger partial charge in [-0.2, -0.15) is 0 Å². The molecule has 0 heterocycles. The number of rotatable bonds is 6. The first-order valence-electron chi connectivity index (χ1n) is 6.52. The topological polar surface area (TPSA) is 64.3 Å². The predicted molar refractivity (Wildman–Crippen MR) is 83.2 cm³/mol. The summed E-state index contributed by atoms with van der Waals surface area (Å²) in [5.74, 6) is 0.0317. The quantitative estimate of drug-likeness (QED) is 0.862. The van der Waals surface area contributed by atoms with Crippen LogP contribution in [0.3, 0.4) is 0 Å². The maximum absolute atomic E-state index is 11.8. The van der Waals surface area contributed by atoms with Crippen LogP contribution in [-0.2, 0) is 11.3 Å². The Balaban J connectivity index is 2.26. The van der Waals surface area contributed by atoms with Crippen LogP contribution in [0, 0.1) is 0 Å². The smallest absolute Gasteiger partial charge is 0.239 e. The molecule has 2 aromatic rings. The van der Waals surface area contributed by atoms with E-state index in [1.54, 1.807) is 18.2 Å². The molecular formula is C16H17ClN2O2. The van der Waals surface area contributed by atoms with E-state index in [9.17, 15) is 4.79 Å². The lowest BCUT2D eigenvalue weighted by Gasteiger charge is -2.19. The van der Waals surface area contributed by atoms with Gasteiger partial charge in [0.2, 0.25) is 5.91 Å². The molecule has 4 nitrogen and oxygen atoms in total. The van der Waals surface area contributed by atoms with Crippen molar-refractivity contribution in [1.29, 1.82) is 0 Å². The summed E-state index contributed by atoms with van der Waals surface area (Å²) in [5, 5.41) is 3.57. The number of carbonyl (C=O) groups is 1. The van der Waals surface area contributed by atoms with Gasteiger partial charge < -0.3 is 10.5 Å². The second-order valence-electron chi connectivity index (χ2n) is 4.56. The summed E-state index contributed by atoms with van der Waals surface area (Å²) in [7, 11) is 1.53. The lowest BCUT2D eigenvalue weighted by Crippen LogP contribution is -2.33. The van der Waals surface area contributed by atoms with E-state index in [-0.39, 0.29) is 0 Å². The van der Waals surface area contributed by atoms with Crippen molar-refractivity contribution in [3.8, 4) is 5.75 Å². The van der Waals surface area contributed by atoms with Crippen LogP contribution in [0.5, 0.6) is 5.75 Å². The fourth-order valence-electron chi connectivity index (χ4n) is 2.14. The van der Waals surface area contributed by atoms with Gasteiger partial charge in [0.15, 0.2) is 0 Å². The van der Waals surface area contributed by atoms with E-state index in [0.717, 1.165) is 5.56 Å². The van der Waals surface area contributed by atoms with E-state index < -0.39 is 11.9 Å². The number of carbonyl (C=O) groups excluding carboxylic acids is 1. The first-order valence-corrected chi connectivity index (χ1v) is 6.90. The lowest BCUT2D eigenvalue weighted by molar-refractivity contribution is -0.120. The fraction of sp³-hybridized carbons (Fsp3) is 0.188. The highest BCUT2D eigenvalue weighted by Crippen LogP contribution is 2.32. The number of hydrogen-bond acceptors (Lipinski definition) is 3. The molecule has 2 rings (SSSR count). The molecule has 0 aliphatic rings. The average Bonchev–Trinajstić information content (AvgIpc) is 2.49. The summed E-state index contributed by atoms with van der Waals surface area (Å²) in [5.41, 5.74) is 7.12. The molecular weight excluding hydrogens is 288 g/mol. The normalized spacial score (nSPS) is 11.9. The third-order valence-corrected chi connectivity index (χ3v) is 3.49. The van der Waals surface area contributed by atoms with Gasteiger partial charge in [0, 0.05) is 17.1 Å². The number of nitrogens with one attached hydrogen (secondary N) is 1. The highest BCUT2D eigenvalue weighted by molar-refractivity contribution is 6.31. The van der Waals surface area contributed by atoms with Crippen molar-refractivity contribution in [3.63, 3.8) is 0 Å². The van der Waals surface area contributed by atoms with Crippen molar-refractivity contribution in [2.75, 3.05) is 7.11 Å². The molecule has 3 N–H and O–H groups in total. The van der Waals surface area contributed by atoms with Crippen LogP contribution in [0.25, 0.3) is 0 Å². The van der Waals surface area contributed by atoms with E-state index in [0.29, 0.717) is 22.9 Å². The van der Waals surface area contributed by atoms with Crippen LogP contribution in [0.1, 0.15) is 17.2 Å². The molecule has 5 heteroatoms. The highest BCUT2D eigenvalue weighted by atomic mass is 35.5.